The second kappa shape index (κ2) is 4.41. The van der Waals surface area contributed by atoms with Gasteiger partial charge in [-0.1, -0.05) is 6.42 Å². The molecule has 1 heterocycles. The van der Waals surface area contributed by atoms with E-state index in [0.29, 0.717) is 5.92 Å². The van der Waals surface area contributed by atoms with Crippen molar-refractivity contribution in [1.29, 1.82) is 0 Å². The van der Waals surface area contributed by atoms with Crippen molar-refractivity contribution in [2.45, 2.75) is 25.7 Å². The van der Waals surface area contributed by atoms with E-state index in [2.05, 4.69) is 15.3 Å². The molecule has 5 heteroatoms. The van der Waals surface area contributed by atoms with Crippen LogP contribution in [0.1, 0.15) is 25.7 Å². The van der Waals surface area contributed by atoms with Crippen molar-refractivity contribution in [3.05, 3.63) is 17.3 Å². The number of rotatable bonds is 3. The molecule has 2 bridgehead atoms. The zero-order valence-electron chi connectivity index (χ0n) is 9.50. The summed E-state index contributed by atoms with van der Waals surface area (Å²) in [6.07, 6.45) is 6.47. The van der Waals surface area contributed by atoms with Crippen LogP contribution >= 0.6 is 11.6 Å². The van der Waals surface area contributed by atoms with Crippen LogP contribution in [0.3, 0.4) is 0 Å². The lowest BCUT2D eigenvalue weighted by Crippen LogP contribution is -2.21. The number of aromatic nitrogens is 2. The smallest absolute Gasteiger partial charge is 0.224 e. The normalized spacial score (nSPS) is 30.8. The molecule has 1 aromatic heterocycles. The number of anilines is 1. The molecular weight excluding hydrogens is 241 g/mol. The van der Waals surface area contributed by atoms with Crippen LogP contribution in [0.4, 0.5) is 10.2 Å². The second-order valence-electron chi connectivity index (χ2n) is 5.15. The summed E-state index contributed by atoms with van der Waals surface area (Å²) in [7, 11) is 0. The van der Waals surface area contributed by atoms with Gasteiger partial charge in [-0.3, -0.25) is 0 Å². The first-order valence-electron chi connectivity index (χ1n) is 6.14. The molecule has 0 saturated heterocycles. The van der Waals surface area contributed by atoms with Gasteiger partial charge in [-0.15, -0.1) is 0 Å². The fraction of sp³-hybridized carbons (Fsp3) is 0.667. The van der Waals surface area contributed by atoms with Gasteiger partial charge in [-0.25, -0.2) is 9.37 Å². The first-order valence-corrected chi connectivity index (χ1v) is 6.52. The van der Waals surface area contributed by atoms with Gasteiger partial charge < -0.3 is 5.32 Å². The Kier molecular flexibility index (Phi) is 2.90. The van der Waals surface area contributed by atoms with Crippen LogP contribution in [0.25, 0.3) is 0 Å². The fourth-order valence-electron chi connectivity index (χ4n) is 3.32. The van der Waals surface area contributed by atoms with Crippen molar-refractivity contribution in [1.82, 2.24) is 9.97 Å². The molecule has 0 spiro atoms. The van der Waals surface area contributed by atoms with Gasteiger partial charge in [-0.2, -0.15) is 4.98 Å². The number of hydrogen-bond acceptors (Lipinski definition) is 3. The highest BCUT2D eigenvalue weighted by atomic mass is 35.5. The first-order chi connectivity index (χ1) is 8.22. The predicted molar refractivity (Wildman–Crippen MR) is 64.4 cm³/mol. The van der Waals surface area contributed by atoms with E-state index >= 15 is 0 Å². The van der Waals surface area contributed by atoms with Crippen molar-refractivity contribution in [2.24, 2.45) is 17.8 Å². The minimum absolute atomic E-state index is 0.0850. The van der Waals surface area contributed by atoms with Crippen molar-refractivity contribution in [3.63, 3.8) is 0 Å². The summed E-state index contributed by atoms with van der Waals surface area (Å²) in [5, 5.41) is 3.16. The first kappa shape index (κ1) is 11.2. The third kappa shape index (κ3) is 2.23. The third-order valence-corrected chi connectivity index (χ3v) is 4.31. The van der Waals surface area contributed by atoms with Crippen LogP contribution in [0.2, 0.25) is 5.28 Å². The molecule has 17 heavy (non-hydrogen) atoms. The zero-order chi connectivity index (χ0) is 11.8. The molecule has 2 saturated carbocycles. The van der Waals surface area contributed by atoms with Gasteiger partial charge in [0.05, 0.1) is 6.20 Å². The lowest BCUT2D eigenvalue weighted by molar-refractivity contribution is 0.348. The summed E-state index contributed by atoms with van der Waals surface area (Å²) in [6, 6.07) is 0. The minimum atomic E-state index is -0.433. The number of nitrogens with zero attached hydrogens (tertiary/aromatic N) is 2. The number of fused-ring (bicyclic) bond motifs is 2. The Morgan fingerprint density at radius 1 is 1.41 bits per heavy atom. The van der Waals surface area contributed by atoms with Gasteiger partial charge in [0.15, 0.2) is 11.6 Å². The Hall–Kier alpha value is -0.900. The molecule has 3 atom stereocenters. The van der Waals surface area contributed by atoms with Crippen molar-refractivity contribution >= 4 is 17.4 Å². The van der Waals surface area contributed by atoms with E-state index in [9.17, 15) is 4.39 Å². The molecule has 3 unspecified atom stereocenters. The second-order valence-corrected chi connectivity index (χ2v) is 5.49. The Labute approximate surface area is 105 Å². The molecule has 1 aromatic rings. The number of hydrogen-bond donors (Lipinski definition) is 1. The standard InChI is InChI=1S/C12H15ClFN3/c13-12-16-6-10(14)11(17-12)15-5-9-4-7-1-2-8(9)3-7/h6-9H,1-5H2,(H,15,16,17). The zero-order valence-corrected chi connectivity index (χ0v) is 10.3. The highest BCUT2D eigenvalue weighted by Crippen LogP contribution is 2.48. The quantitative estimate of drug-likeness (QED) is 0.844. The molecule has 0 amide bonds. The maximum absolute atomic E-state index is 13.4. The molecule has 1 N–H and O–H groups in total. The molecule has 3 nitrogen and oxygen atoms in total. The summed E-state index contributed by atoms with van der Waals surface area (Å²) in [5.41, 5.74) is 0. The number of nitrogens with one attached hydrogen (secondary N) is 1. The molecule has 0 radical (unpaired) electrons. The van der Waals surface area contributed by atoms with Gasteiger partial charge >= 0.3 is 0 Å². The summed E-state index contributed by atoms with van der Waals surface area (Å²) >= 11 is 5.65. The molecule has 2 aliphatic rings. The average Bonchev–Trinajstić information content (AvgIpc) is 2.92. The average molecular weight is 256 g/mol. The van der Waals surface area contributed by atoms with Crippen LogP contribution in [0.15, 0.2) is 6.20 Å². The van der Waals surface area contributed by atoms with Crippen molar-refractivity contribution in [2.75, 3.05) is 11.9 Å². The molecule has 3 rings (SSSR count). The van der Waals surface area contributed by atoms with Crippen molar-refractivity contribution in [3.8, 4) is 0 Å². The summed E-state index contributed by atoms with van der Waals surface area (Å²) < 4.78 is 13.4. The maximum Gasteiger partial charge on any atom is 0.224 e. The lowest BCUT2D eigenvalue weighted by atomic mass is 9.89. The Morgan fingerprint density at radius 2 is 2.29 bits per heavy atom. The van der Waals surface area contributed by atoms with Gasteiger partial charge in [-0.05, 0) is 48.6 Å². The Bertz CT molecular complexity index is 426. The van der Waals surface area contributed by atoms with E-state index in [1.165, 1.54) is 25.7 Å². The topological polar surface area (TPSA) is 37.8 Å². The summed E-state index contributed by atoms with van der Waals surface area (Å²) in [5.74, 6) is 2.20. The highest BCUT2D eigenvalue weighted by Gasteiger charge is 2.39. The Morgan fingerprint density at radius 3 is 3.00 bits per heavy atom. The van der Waals surface area contributed by atoms with Crippen LogP contribution < -0.4 is 5.32 Å². The van der Waals surface area contributed by atoms with E-state index in [-0.39, 0.29) is 11.1 Å². The predicted octanol–water partition coefficient (Wildman–Crippen LogP) is 3.12. The maximum atomic E-state index is 13.4. The van der Waals surface area contributed by atoms with Crippen molar-refractivity contribution < 1.29 is 4.39 Å². The summed E-state index contributed by atoms with van der Waals surface area (Å²) in [4.78, 5) is 7.46. The van der Waals surface area contributed by atoms with Crippen LogP contribution in [0.5, 0.6) is 0 Å². The summed E-state index contributed by atoms with van der Waals surface area (Å²) in [6.45, 7) is 0.797. The van der Waals surface area contributed by atoms with Crippen LogP contribution in [0, 0.1) is 23.6 Å². The number of halogens is 2. The monoisotopic (exact) mass is 255 g/mol. The van der Waals surface area contributed by atoms with E-state index in [1.54, 1.807) is 0 Å². The van der Waals surface area contributed by atoms with Crippen LogP contribution in [-0.4, -0.2) is 16.5 Å². The molecule has 0 aliphatic heterocycles. The molecule has 92 valence electrons. The highest BCUT2D eigenvalue weighted by molar-refractivity contribution is 6.28. The lowest BCUT2D eigenvalue weighted by Gasteiger charge is -2.22. The molecule has 2 fully saturated rings. The molecular formula is C12H15ClFN3. The van der Waals surface area contributed by atoms with E-state index in [4.69, 9.17) is 11.6 Å². The fourth-order valence-corrected chi connectivity index (χ4v) is 3.46. The molecule has 2 aliphatic carbocycles. The largest absolute Gasteiger partial charge is 0.367 e. The van der Waals surface area contributed by atoms with Gasteiger partial charge in [0.25, 0.3) is 0 Å². The van der Waals surface area contributed by atoms with E-state index in [1.807, 2.05) is 0 Å². The molecule has 0 aromatic carbocycles. The van der Waals surface area contributed by atoms with Gasteiger partial charge in [0.2, 0.25) is 5.28 Å². The van der Waals surface area contributed by atoms with E-state index in [0.717, 1.165) is 24.6 Å². The SMILES string of the molecule is Fc1cnc(Cl)nc1NCC1CC2CCC1C2. The van der Waals surface area contributed by atoms with Gasteiger partial charge in [0.1, 0.15) is 0 Å². The minimum Gasteiger partial charge on any atom is -0.367 e. The van der Waals surface area contributed by atoms with Gasteiger partial charge in [0, 0.05) is 6.54 Å². The Balaban J connectivity index is 1.62. The third-order valence-electron chi connectivity index (χ3n) is 4.13. The van der Waals surface area contributed by atoms with Crippen LogP contribution in [-0.2, 0) is 0 Å². The van der Waals surface area contributed by atoms with E-state index < -0.39 is 5.82 Å².